The molecule has 0 atom stereocenters. The Morgan fingerprint density at radius 2 is 1.38 bits per heavy atom. The molecule has 0 spiro atoms. The van der Waals surface area contributed by atoms with E-state index >= 15 is 0 Å². The van der Waals surface area contributed by atoms with Crippen molar-refractivity contribution in [1.82, 2.24) is 30.6 Å². The van der Waals surface area contributed by atoms with Gasteiger partial charge in [-0.2, -0.15) is 0 Å². The van der Waals surface area contributed by atoms with E-state index in [1.165, 1.54) is 19.4 Å². The molecule has 0 aliphatic heterocycles. The Morgan fingerprint density at radius 1 is 0.897 bits per heavy atom. The topological polar surface area (TPSA) is 162 Å². The van der Waals surface area contributed by atoms with Crippen LogP contribution in [0.2, 0.25) is 0 Å². The van der Waals surface area contributed by atoms with E-state index in [0.717, 1.165) is 0 Å². The van der Waals surface area contributed by atoms with Gasteiger partial charge in [0.1, 0.15) is 0 Å². The molecule has 0 fully saturated rings. The molecular weight excluding hydrogens is 372 g/mol. The highest BCUT2D eigenvalue weighted by atomic mass is 16.2. The van der Waals surface area contributed by atoms with Gasteiger partial charge in [0.2, 0.25) is 11.9 Å². The van der Waals surface area contributed by atoms with Crippen molar-refractivity contribution < 1.29 is 9.59 Å². The third-order valence-corrected chi connectivity index (χ3v) is 4.37. The predicted molar refractivity (Wildman–Crippen MR) is 110 cm³/mol. The fraction of sp³-hybridized carbons (Fsp3) is 0.474. The number of carbonyl (C=O) groups is 2. The Balaban J connectivity index is 2.32. The summed E-state index contributed by atoms with van der Waals surface area (Å²) < 4.78 is 0. The first-order valence-electron chi connectivity index (χ1n) is 9.13. The summed E-state index contributed by atoms with van der Waals surface area (Å²) in [7, 11) is 1.52. The Kier molecular flexibility index (Phi) is 6.05. The van der Waals surface area contributed by atoms with E-state index in [4.69, 9.17) is 11.5 Å². The highest BCUT2D eigenvalue weighted by Crippen LogP contribution is 2.26. The third-order valence-electron chi connectivity index (χ3n) is 4.37. The number of nitrogen functional groups attached to an aromatic ring is 2. The molecule has 0 aliphatic rings. The van der Waals surface area contributed by atoms with E-state index in [1.807, 2.05) is 34.6 Å². The second-order valence-electron chi connectivity index (χ2n) is 8.38. The molecule has 2 aromatic heterocycles. The molecule has 0 bridgehead atoms. The monoisotopic (exact) mass is 400 g/mol. The zero-order chi connectivity index (χ0) is 22.0. The summed E-state index contributed by atoms with van der Waals surface area (Å²) in [4.78, 5) is 41.4. The number of nitrogens with one attached hydrogen (secondary N) is 2. The molecule has 2 rings (SSSR count). The molecule has 10 heteroatoms. The van der Waals surface area contributed by atoms with Crippen LogP contribution < -0.4 is 22.1 Å². The van der Waals surface area contributed by atoms with Gasteiger partial charge >= 0.3 is 0 Å². The number of hydrogen-bond donors (Lipinski definition) is 4. The second kappa shape index (κ2) is 7.98. The summed E-state index contributed by atoms with van der Waals surface area (Å²) in [5.41, 5.74) is 12.0. The SMILES string of the molecule is CNC(=O)c1cnc(N)nc1C(C)(C)CNC(=O)c1cnc(N)nc1C(C)(C)C. The van der Waals surface area contributed by atoms with Gasteiger partial charge in [-0.15, -0.1) is 0 Å². The Hall–Kier alpha value is -3.30. The van der Waals surface area contributed by atoms with E-state index in [-0.39, 0.29) is 30.3 Å². The molecule has 10 nitrogen and oxygen atoms in total. The normalized spacial score (nSPS) is 11.8. The number of anilines is 2. The van der Waals surface area contributed by atoms with Gasteiger partial charge in [0, 0.05) is 36.8 Å². The smallest absolute Gasteiger partial charge is 0.254 e. The van der Waals surface area contributed by atoms with Gasteiger partial charge in [0.25, 0.3) is 11.8 Å². The molecule has 29 heavy (non-hydrogen) atoms. The lowest BCUT2D eigenvalue weighted by Crippen LogP contribution is -2.40. The zero-order valence-corrected chi connectivity index (χ0v) is 17.6. The van der Waals surface area contributed by atoms with Crippen molar-refractivity contribution in [1.29, 1.82) is 0 Å². The van der Waals surface area contributed by atoms with Gasteiger partial charge in [0.15, 0.2) is 0 Å². The van der Waals surface area contributed by atoms with Crippen LogP contribution in [0.15, 0.2) is 12.4 Å². The molecule has 2 amide bonds. The minimum absolute atomic E-state index is 0.0500. The summed E-state index contributed by atoms with van der Waals surface area (Å²) in [6.45, 7) is 9.72. The molecule has 0 unspecified atom stereocenters. The van der Waals surface area contributed by atoms with Crippen LogP contribution in [-0.2, 0) is 10.8 Å². The molecule has 0 aromatic carbocycles. The van der Waals surface area contributed by atoms with Crippen LogP contribution in [-0.4, -0.2) is 45.3 Å². The van der Waals surface area contributed by atoms with E-state index in [2.05, 4.69) is 30.6 Å². The van der Waals surface area contributed by atoms with E-state index in [0.29, 0.717) is 22.5 Å². The second-order valence-corrected chi connectivity index (χ2v) is 8.38. The van der Waals surface area contributed by atoms with Gasteiger partial charge in [-0.1, -0.05) is 34.6 Å². The maximum absolute atomic E-state index is 12.9. The Labute approximate surface area is 169 Å². The Morgan fingerprint density at radius 3 is 1.86 bits per heavy atom. The largest absolute Gasteiger partial charge is 0.368 e. The molecule has 2 aromatic rings. The molecular formula is C19H28N8O2. The van der Waals surface area contributed by atoms with E-state index in [9.17, 15) is 9.59 Å². The average Bonchev–Trinajstić information content (AvgIpc) is 2.64. The lowest BCUT2D eigenvalue weighted by atomic mass is 9.85. The highest BCUT2D eigenvalue weighted by Gasteiger charge is 2.31. The summed E-state index contributed by atoms with van der Waals surface area (Å²) in [6, 6.07) is 0. The van der Waals surface area contributed by atoms with Crippen molar-refractivity contribution in [3.63, 3.8) is 0 Å². The lowest BCUT2D eigenvalue weighted by Gasteiger charge is -2.27. The number of hydrogen-bond acceptors (Lipinski definition) is 8. The highest BCUT2D eigenvalue weighted by molar-refractivity contribution is 5.96. The summed E-state index contributed by atoms with van der Waals surface area (Å²) in [6.07, 6.45) is 2.80. The maximum atomic E-state index is 12.9. The van der Waals surface area contributed by atoms with Crippen molar-refractivity contribution in [3.05, 3.63) is 34.9 Å². The van der Waals surface area contributed by atoms with Crippen LogP contribution in [0.4, 0.5) is 11.9 Å². The number of nitrogens with two attached hydrogens (primary N) is 2. The van der Waals surface area contributed by atoms with Crippen LogP contribution in [0.3, 0.4) is 0 Å². The summed E-state index contributed by atoms with van der Waals surface area (Å²) in [5, 5.41) is 5.44. The lowest BCUT2D eigenvalue weighted by molar-refractivity contribution is 0.0942. The number of amides is 2. The van der Waals surface area contributed by atoms with Crippen LogP contribution in [0, 0.1) is 0 Å². The molecule has 0 aliphatic carbocycles. The van der Waals surface area contributed by atoms with Gasteiger partial charge in [-0.3, -0.25) is 9.59 Å². The minimum Gasteiger partial charge on any atom is -0.368 e. The first-order valence-corrected chi connectivity index (χ1v) is 9.13. The van der Waals surface area contributed by atoms with Crippen LogP contribution in [0.1, 0.15) is 66.7 Å². The van der Waals surface area contributed by atoms with Gasteiger partial charge in [-0.05, 0) is 0 Å². The van der Waals surface area contributed by atoms with Gasteiger partial charge < -0.3 is 22.1 Å². The van der Waals surface area contributed by atoms with Crippen LogP contribution in [0.25, 0.3) is 0 Å². The maximum Gasteiger partial charge on any atom is 0.254 e. The summed E-state index contributed by atoms with van der Waals surface area (Å²) >= 11 is 0. The number of aromatic nitrogens is 4. The van der Waals surface area contributed by atoms with Crippen molar-refractivity contribution in [2.24, 2.45) is 0 Å². The molecule has 0 radical (unpaired) electrons. The van der Waals surface area contributed by atoms with Crippen molar-refractivity contribution >= 4 is 23.7 Å². The zero-order valence-electron chi connectivity index (χ0n) is 17.6. The first kappa shape index (κ1) is 22.0. The van der Waals surface area contributed by atoms with E-state index < -0.39 is 10.8 Å². The van der Waals surface area contributed by atoms with Crippen molar-refractivity contribution in [2.45, 2.75) is 45.4 Å². The average molecular weight is 400 g/mol. The Bertz CT molecular complexity index is 934. The van der Waals surface area contributed by atoms with Crippen molar-refractivity contribution in [2.75, 3.05) is 25.1 Å². The van der Waals surface area contributed by atoms with Gasteiger partial charge in [0.05, 0.1) is 22.5 Å². The van der Waals surface area contributed by atoms with Crippen LogP contribution >= 0.6 is 0 Å². The number of nitrogens with zero attached hydrogens (tertiary/aromatic N) is 4. The molecule has 0 saturated heterocycles. The molecule has 6 N–H and O–H groups in total. The summed E-state index contributed by atoms with van der Waals surface area (Å²) in [5.74, 6) is -0.514. The fourth-order valence-corrected chi connectivity index (χ4v) is 2.83. The fourth-order valence-electron chi connectivity index (χ4n) is 2.83. The predicted octanol–water partition coefficient (Wildman–Crippen LogP) is 0.796. The van der Waals surface area contributed by atoms with E-state index in [1.54, 1.807) is 0 Å². The minimum atomic E-state index is -0.703. The number of rotatable bonds is 5. The molecule has 0 saturated carbocycles. The molecule has 2 heterocycles. The van der Waals surface area contributed by atoms with Gasteiger partial charge in [-0.25, -0.2) is 19.9 Å². The molecule has 156 valence electrons. The quantitative estimate of drug-likeness (QED) is 0.572. The first-order chi connectivity index (χ1) is 13.4. The standard InChI is InChI=1S/C19H28N8O2/c1-18(2,3)12-10(7-23-16(20)26-12)15(29)25-9-19(4,5)13-11(14(28)22-6)8-24-17(21)27-13/h7-8H,9H2,1-6H3,(H,22,28)(H,25,29)(H2,20,23,26)(H2,21,24,27). The van der Waals surface area contributed by atoms with Crippen molar-refractivity contribution in [3.8, 4) is 0 Å². The third kappa shape index (κ3) is 4.95. The number of carbonyl (C=O) groups excluding carboxylic acids is 2. The van der Waals surface area contributed by atoms with Crippen LogP contribution in [0.5, 0.6) is 0 Å².